The van der Waals surface area contributed by atoms with Crippen molar-refractivity contribution < 1.29 is 9.90 Å². The minimum absolute atomic E-state index is 0.176. The molecular weight excluding hydrogens is 262 g/mol. The van der Waals surface area contributed by atoms with Crippen LogP contribution in [0.25, 0.3) is 0 Å². The van der Waals surface area contributed by atoms with Gasteiger partial charge in [-0.2, -0.15) is 16.4 Å². The molecule has 2 aromatic heterocycles. The van der Waals surface area contributed by atoms with Crippen LogP contribution in [0.5, 0.6) is 0 Å². The number of carbonyl (C=O) groups excluding carboxylic acids is 1. The second-order valence-electron chi connectivity index (χ2n) is 4.75. The highest BCUT2D eigenvalue weighted by molar-refractivity contribution is 7.07. The average molecular weight is 277 g/mol. The van der Waals surface area contributed by atoms with Crippen LogP contribution in [0.15, 0.2) is 23.0 Å². The molecule has 0 spiro atoms. The fourth-order valence-electron chi connectivity index (χ4n) is 2.03. The van der Waals surface area contributed by atoms with E-state index in [2.05, 4.69) is 15.5 Å². The summed E-state index contributed by atoms with van der Waals surface area (Å²) < 4.78 is 0. The summed E-state index contributed by atoms with van der Waals surface area (Å²) in [7, 11) is 0. The van der Waals surface area contributed by atoms with E-state index in [1.807, 2.05) is 16.8 Å². The normalized spacial score (nSPS) is 16.3. The third kappa shape index (κ3) is 2.69. The highest BCUT2D eigenvalue weighted by Gasteiger charge is 2.29. The van der Waals surface area contributed by atoms with Crippen LogP contribution in [-0.4, -0.2) is 27.8 Å². The molecular formula is C13H15N3O2S. The van der Waals surface area contributed by atoms with Gasteiger partial charge in [0.25, 0.3) is 5.91 Å². The summed E-state index contributed by atoms with van der Waals surface area (Å²) in [5.41, 5.74) is 2.35. The minimum Gasteiger partial charge on any atom is -0.387 e. The molecule has 1 saturated carbocycles. The molecule has 1 atom stereocenters. The maximum Gasteiger partial charge on any atom is 0.254 e. The summed E-state index contributed by atoms with van der Waals surface area (Å²) in [6.45, 7) is 0.213. The molecule has 3 N–H and O–H groups in total. The molecule has 19 heavy (non-hydrogen) atoms. The summed E-state index contributed by atoms with van der Waals surface area (Å²) in [5.74, 6) is 0.273. The van der Waals surface area contributed by atoms with E-state index in [0.717, 1.165) is 24.1 Å². The first kappa shape index (κ1) is 12.4. The van der Waals surface area contributed by atoms with Gasteiger partial charge >= 0.3 is 0 Å². The molecule has 3 rings (SSSR count). The SMILES string of the molecule is O=C(NC[C@H](O)c1ccsc1)c1cn[nH]c1C1CC1. The molecule has 0 aromatic carbocycles. The van der Waals surface area contributed by atoms with Crippen molar-refractivity contribution in [2.45, 2.75) is 24.9 Å². The molecule has 2 aromatic rings. The topological polar surface area (TPSA) is 78.0 Å². The van der Waals surface area contributed by atoms with Crippen LogP contribution in [0.1, 0.15) is 46.5 Å². The molecule has 1 aliphatic rings. The lowest BCUT2D eigenvalue weighted by Crippen LogP contribution is -2.28. The number of thiophene rings is 1. The van der Waals surface area contributed by atoms with Crippen molar-refractivity contribution in [3.05, 3.63) is 39.8 Å². The predicted octanol–water partition coefficient (Wildman–Crippen LogP) is 1.81. The second-order valence-corrected chi connectivity index (χ2v) is 5.53. The van der Waals surface area contributed by atoms with Gasteiger partial charge in [0.15, 0.2) is 0 Å². The van der Waals surface area contributed by atoms with Crippen LogP contribution in [0.4, 0.5) is 0 Å². The van der Waals surface area contributed by atoms with Gasteiger partial charge < -0.3 is 10.4 Å². The fourth-order valence-corrected chi connectivity index (χ4v) is 2.73. The van der Waals surface area contributed by atoms with Gasteiger partial charge in [0.1, 0.15) is 0 Å². The molecule has 0 radical (unpaired) electrons. The van der Waals surface area contributed by atoms with Gasteiger partial charge in [-0.3, -0.25) is 9.89 Å². The molecule has 1 fully saturated rings. The zero-order valence-corrected chi connectivity index (χ0v) is 11.1. The van der Waals surface area contributed by atoms with Crippen molar-refractivity contribution in [1.29, 1.82) is 0 Å². The van der Waals surface area contributed by atoms with E-state index in [9.17, 15) is 9.90 Å². The third-order valence-electron chi connectivity index (χ3n) is 3.28. The number of H-pyrrole nitrogens is 1. The summed E-state index contributed by atoms with van der Waals surface area (Å²) in [6, 6.07) is 1.86. The Morgan fingerprint density at radius 2 is 2.47 bits per heavy atom. The van der Waals surface area contributed by atoms with Gasteiger partial charge in [0.05, 0.1) is 23.6 Å². The van der Waals surface area contributed by atoms with E-state index in [4.69, 9.17) is 0 Å². The molecule has 0 saturated heterocycles. The Morgan fingerprint density at radius 3 is 3.16 bits per heavy atom. The lowest BCUT2D eigenvalue weighted by molar-refractivity contribution is 0.0915. The van der Waals surface area contributed by atoms with E-state index in [0.29, 0.717) is 11.5 Å². The van der Waals surface area contributed by atoms with Crippen molar-refractivity contribution >= 4 is 17.2 Å². The predicted molar refractivity (Wildman–Crippen MR) is 72.2 cm³/mol. The number of hydrogen-bond donors (Lipinski definition) is 3. The Labute approximate surface area is 114 Å². The van der Waals surface area contributed by atoms with Crippen LogP contribution in [0, 0.1) is 0 Å². The van der Waals surface area contributed by atoms with Gasteiger partial charge in [-0.25, -0.2) is 0 Å². The number of aliphatic hydroxyl groups excluding tert-OH is 1. The highest BCUT2D eigenvalue weighted by atomic mass is 32.1. The summed E-state index contributed by atoms with van der Waals surface area (Å²) >= 11 is 1.53. The number of aromatic nitrogens is 2. The van der Waals surface area contributed by atoms with Crippen LogP contribution < -0.4 is 5.32 Å². The number of amides is 1. The minimum atomic E-state index is -0.661. The van der Waals surface area contributed by atoms with E-state index >= 15 is 0 Å². The number of rotatable bonds is 5. The van der Waals surface area contributed by atoms with Gasteiger partial charge in [-0.05, 0) is 35.2 Å². The fraction of sp³-hybridized carbons (Fsp3) is 0.385. The van der Waals surface area contributed by atoms with Crippen LogP contribution in [0.2, 0.25) is 0 Å². The standard InChI is InChI=1S/C13H15N3O2S/c17-11(9-3-4-19-7-9)6-14-13(18)10-5-15-16-12(10)8-1-2-8/h3-5,7-8,11,17H,1-2,6H2,(H,14,18)(H,15,16)/t11-/m0/s1. The van der Waals surface area contributed by atoms with E-state index in [-0.39, 0.29) is 12.5 Å². The number of hydrogen-bond acceptors (Lipinski definition) is 4. The quantitative estimate of drug-likeness (QED) is 0.780. The lowest BCUT2D eigenvalue weighted by Gasteiger charge is -2.10. The molecule has 0 bridgehead atoms. The Morgan fingerprint density at radius 1 is 1.63 bits per heavy atom. The number of nitrogens with zero attached hydrogens (tertiary/aromatic N) is 1. The molecule has 2 heterocycles. The number of nitrogens with one attached hydrogen (secondary N) is 2. The van der Waals surface area contributed by atoms with Crippen molar-refractivity contribution in [2.24, 2.45) is 0 Å². The lowest BCUT2D eigenvalue weighted by atomic mass is 10.1. The second kappa shape index (κ2) is 5.14. The zero-order valence-electron chi connectivity index (χ0n) is 10.3. The van der Waals surface area contributed by atoms with E-state index in [1.165, 1.54) is 11.3 Å². The average Bonchev–Trinajstić information content (AvgIpc) is 2.96. The van der Waals surface area contributed by atoms with Crippen LogP contribution in [0.3, 0.4) is 0 Å². The molecule has 1 amide bonds. The monoisotopic (exact) mass is 277 g/mol. The molecule has 100 valence electrons. The summed E-state index contributed by atoms with van der Waals surface area (Å²) in [5, 5.41) is 23.3. The molecule has 6 heteroatoms. The Hall–Kier alpha value is -1.66. The highest BCUT2D eigenvalue weighted by Crippen LogP contribution is 2.40. The van der Waals surface area contributed by atoms with Gasteiger partial charge in [-0.1, -0.05) is 0 Å². The Bertz CT molecular complexity index is 560. The Kier molecular flexibility index (Phi) is 3.35. The molecule has 5 nitrogen and oxygen atoms in total. The van der Waals surface area contributed by atoms with Crippen molar-refractivity contribution in [2.75, 3.05) is 6.54 Å². The van der Waals surface area contributed by atoms with Gasteiger partial charge in [-0.15, -0.1) is 0 Å². The van der Waals surface area contributed by atoms with Gasteiger partial charge in [0.2, 0.25) is 0 Å². The maximum absolute atomic E-state index is 12.1. The first-order chi connectivity index (χ1) is 9.25. The van der Waals surface area contributed by atoms with E-state index < -0.39 is 6.10 Å². The zero-order chi connectivity index (χ0) is 13.2. The number of carbonyl (C=O) groups is 1. The number of aromatic amines is 1. The largest absolute Gasteiger partial charge is 0.387 e. The smallest absolute Gasteiger partial charge is 0.254 e. The van der Waals surface area contributed by atoms with E-state index in [1.54, 1.807) is 6.20 Å². The molecule has 0 aliphatic heterocycles. The number of aliphatic hydroxyl groups is 1. The molecule has 1 aliphatic carbocycles. The first-order valence-electron chi connectivity index (χ1n) is 6.27. The maximum atomic E-state index is 12.1. The third-order valence-corrected chi connectivity index (χ3v) is 3.98. The van der Waals surface area contributed by atoms with Crippen LogP contribution in [-0.2, 0) is 0 Å². The summed E-state index contributed by atoms with van der Waals surface area (Å²) in [6.07, 6.45) is 3.12. The van der Waals surface area contributed by atoms with Crippen LogP contribution >= 0.6 is 11.3 Å². The van der Waals surface area contributed by atoms with Crippen molar-refractivity contribution in [1.82, 2.24) is 15.5 Å². The first-order valence-corrected chi connectivity index (χ1v) is 7.21. The van der Waals surface area contributed by atoms with Gasteiger partial charge in [0, 0.05) is 12.5 Å². The Balaban J connectivity index is 1.60. The summed E-state index contributed by atoms with van der Waals surface area (Å²) in [4.78, 5) is 12.1. The van der Waals surface area contributed by atoms with Crippen molar-refractivity contribution in [3.63, 3.8) is 0 Å². The van der Waals surface area contributed by atoms with Crippen molar-refractivity contribution in [3.8, 4) is 0 Å². The molecule has 0 unspecified atom stereocenters.